The molecule has 0 saturated heterocycles. The smallest absolute Gasteiger partial charge is 0.251 e. The Bertz CT molecular complexity index is 1470. The van der Waals surface area contributed by atoms with Crippen LogP contribution in [0.4, 0.5) is 0 Å². The van der Waals surface area contributed by atoms with Crippen LogP contribution in [0, 0.1) is 13.8 Å². The largest absolute Gasteiger partial charge is 0.346 e. The second-order valence-electron chi connectivity index (χ2n) is 10.9. The van der Waals surface area contributed by atoms with Crippen molar-refractivity contribution >= 4 is 22.4 Å². The summed E-state index contributed by atoms with van der Waals surface area (Å²) in [4.78, 5) is 13.2. The molecule has 36 heavy (non-hydrogen) atoms. The number of aryl methyl sites for hydroxylation is 1. The van der Waals surface area contributed by atoms with Crippen molar-refractivity contribution in [3.05, 3.63) is 112 Å². The minimum atomic E-state index is -0.0965. The van der Waals surface area contributed by atoms with Gasteiger partial charge < -0.3 is 9.88 Å². The molecule has 1 atom stereocenters. The van der Waals surface area contributed by atoms with E-state index in [0.717, 1.165) is 28.6 Å². The number of nitrogens with zero attached hydrogens (tertiary/aromatic N) is 1. The summed E-state index contributed by atoms with van der Waals surface area (Å²) in [5.41, 5.74) is 10.7. The first kappa shape index (κ1) is 24.1. The molecule has 184 valence electrons. The van der Waals surface area contributed by atoms with Gasteiger partial charge >= 0.3 is 0 Å². The van der Waals surface area contributed by atoms with Gasteiger partial charge in [-0.25, -0.2) is 0 Å². The van der Waals surface area contributed by atoms with Crippen LogP contribution in [-0.2, 0) is 12.0 Å². The molecule has 5 rings (SSSR count). The monoisotopic (exact) mass is 476 g/mol. The van der Waals surface area contributed by atoms with Crippen molar-refractivity contribution in [1.82, 2.24) is 9.88 Å². The van der Waals surface area contributed by atoms with E-state index in [4.69, 9.17) is 0 Å². The summed E-state index contributed by atoms with van der Waals surface area (Å²) in [7, 11) is 0. The van der Waals surface area contributed by atoms with Crippen LogP contribution in [0.15, 0.2) is 73.3 Å². The summed E-state index contributed by atoms with van der Waals surface area (Å²) in [6.45, 7) is 15.6. The molecule has 1 amide bonds. The number of fused-ring (bicyclic) bond motifs is 1. The van der Waals surface area contributed by atoms with E-state index in [1.807, 2.05) is 44.2 Å². The summed E-state index contributed by atoms with van der Waals surface area (Å²) in [6, 6.07) is 23.3. The van der Waals surface area contributed by atoms with Crippen molar-refractivity contribution in [3.63, 3.8) is 0 Å². The average Bonchev–Trinajstić information content (AvgIpc) is 3.59. The second kappa shape index (κ2) is 9.13. The molecule has 1 saturated carbocycles. The lowest BCUT2D eigenvalue weighted by molar-refractivity contribution is 0.0940. The lowest BCUT2D eigenvalue weighted by Gasteiger charge is -2.16. The molecule has 3 heteroatoms. The first-order valence-corrected chi connectivity index (χ1v) is 12.9. The number of rotatable bonds is 7. The van der Waals surface area contributed by atoms with Gasteiger partial charge in [0.1, 0.15) is 0 Å². The van der Waals surface area contributed by atoms with Gasteiger partial charge in [-0.2, -0.15) is 0 Å². The van der Waals surface area contributed by atoms with Gasteiger partial charge in [0.15, 0.2) is 0 Å². The number of allylic oxidation sites excluding steroid dienone is 1. The normalized spacial score (nSPS) is 15.0. The third kappa shape index (κ3) is 4.51. The van der Waals surface area contributed by atoms with Crippen molar-refractivity contribution in [2.75, 3.05) is 0 Å². The van der Waals surface area contributed by atoms with E-state index in [1.54, 1.807) is 0 Å². The van der Waals surface area contributed by atoms with E-state index < -0.39 is 0 Å². The van der Waals surface area contributed by atoms with Crippen molar-refractivity contribution in [1.29, 1.82) is 0 Å². The molecule has 1 aliphatic carbocycles. The van der Waals surface area contributed by atoms with Gasteiger partial charge in [0.25, 0.3) is 5.91 Å². The molecular formula is C33H36N2O. The third-order valence-corrected chi connectivity index (χ3v) is 8.12. The molecule has 1 heterocycles. The summed E-state index contributed by atoms with van der Waals surface area (Å²) < 4.78 is 2.37. The van der Waals surface area contributed by atoms with Gasteiger partial charge in [-0.3, -0.25) is 4.79 Å². The molecule has 1 aliphatic rings. The zero-order chi connectivity index (χ0) is 25.6. The second-order valence-corrected chi connectivity index (χ2v) is 10.9. The van der Waals surface area contributed by atoms with Crippen molar-refractivity contribution in [2.24, 2.45) is 0 Å². The first-order valence-electron chi connectivity index (χ1n) is 12.9. The van der Waals surface area contributed by atoms with Crippen molar-refractivity contribution in [3.8, 4) is 0 Å². The highest BCUT2D eigenvalue weighted by Gasteiger charge is 2.38. The number of hydrogen-bond acceptors (Lipinski definition) is 1. The molecule has 3 aromatic carbocycles. The summed E-state index contributed by atoms with van der Waals surface area (Å²) >= 11 is 0. The highest BCUT2D eigenvalue weighted by molar-refractivity contribution is 5.99. The number of carbonyl (C=O) groups is 1. The molecule has 1 aromatic heterocycles. The molecule has 0 radical (unpaired) electrons. The number of hydrogen-bond donors (Lipinski definition) is 1. The standard InChI is InChI=1S/C33H36N2O/c1-21(2)26-8-7-9-27(18-26)23(4)34-32(36)28-12-15-31-30(19-28)22(3)24(5)35(31)20-25-10-13-29(14-11-25)33(6)16-17-33/h7-15,18-19,23H,1,16-17,20H2,2-6H3,(H,34,36)/t23-/m0/s1. The molecular weight excluding hydrogens is 440 g/mol. The number of carbonyl (C=O) groups excluding carboxylic acids is 1. The predicted octanol–water partition coefficient (Wildman–Crippen LogP) is 7.88. The topological polar surface area (TPSA) is 34.0 Å². The van der Waals surface area contributed by atoms with E-state index in [2.05, 4.69) is 73.6 Å². The fourth-order valence-electron chi connectivity index (χ4n) is 5.10. The highest BCUT2D eigenvalue weighted by atomic mass is 16.1. The SMILES string of the molecule is C=C(C)c1cccc([C@H](C)NC(=O)c2ccc3c(c2)c(C)c(C)n3Cc2ccc(C3(C)CC3)cc2)c1. The predicted molar refractivity (Wildman–Crippen MR) is 151 cm³/mol. The van der Waals surface area contributed by atoms with Crippen LogP contribution in [-0.4, -0.2) is 10.5 Å². The molecule has 1 fully saturated rings. The quantitative estimate of drug-likeness (QED) is 0.289. The zero-order valence-electron chi connectivity index (χ0n) is 22.1. The third-order valence-electron chi connectivity index (χ3n) is 8.12. The molecule has 0 spiro atoms. The summed E-state index contributed by atoms with van der Waals surface area (Å²) in [5, 5.41) is 4.31. The number of nitrogens with one attached hydrogen (secondary N) is 1. The molecule has 1 N–H and O–H groups in total. The van der Waals surface area contributed by atoms with Gasteiger partial charge in [0.05, 0.1) is 6.04 Å². The van der Waals surface area contributed by atoms with Gasteiger partial charge in [-0.1, -0.05) is 61.5 Å². The van der Waals surface area contributed by atoms with E-state index in [0.29, 0.717) is 11.0 Å². The number of amides is 1. The summed E-state index contributed by atoms with van der Waals surface area (Å²) in [6.07, 6.45) is 2.59. The van der Waals surface area contributed by atoms with E-state index in [9.17, 15) is 4.79 Å². The Balaban J connectivity index is 1.37. The molecule has 0 bridgehead atoms. The Hall–Kier alpha value is -3.59. The van der Waals surface area contributed by atoms with Crippen LogP contribution >= 0.6 is 0 Å². The summed E-state index contributed by atoms with van der Waals surface area (Å²) in [5.74, 6) is -0.0564. The van der Waals surface area contributed by atoms with Gasteiger partial charge in [-0.15, -0.1) is 0 Å². The lowest BCUT2D eigenvalue weighted by Crippen LogP contribution is -2.26. The maximum absolute atomic E-state index is 13.2. The first-order chi connectivity index (χ1) is 17.2. The van der Waals surface area contributed by atoms with E-state index in [1.165, 1.54) is 40.7 Å². The van der Waals surface area contributed by atoms with Gasteiger partial charge in [0.2, 0.25) is 0 Å². The van der Waals surface area contributed by atoms with Gasteiger partial charge in [-0.05, 0) is 98.0 Å². The Morgan fingerprint density at radius 1 is 1.03 bits per heavy atom. The Morgan fingerprint density at radius 3 is 2.42 bits per heavy atom. The Labute approximate surface area is 214 Å². The van der Waals surface area contributed by atoms with E-state index in [-0.39, 0.29) is 11.9 Å². The van der Waals surface area contributed by atoms with Crippen molar-refractivity contribution < 1.29 is 4.79 Å². The van der Waals surface area contributed by atoms with Crippen molar-refractivity contribution in [2.45, 2.75) is 65.5 Å². The highest BCUT2D eigenvalue weighted by Crippen LogP contribution is 2.47. The van der Waals surface area contributed by atoms with Crippen LogP contribution in [0.5, 0.6) is 0 Å². The number of benzene rings is 3. The molecule has 3 nitrogen and oxygen atoms in total. The maximum Gasteiger partial charge on any atom is 0.251 e. The minimum Gasteiger partial charge on any atom is -0.346 e. The average molecular weight is 477 g/mol. The van der Waals surface area contributed by atoms with Gasteiger partial charge in [0, 0.05) is 28.7 Å². The number of aromatic nitrogens is 1. The molecule has 0 unspecified atom stereocenters. The van der Waals surface area contributed by atoms with Crippen LogP contribution in [0.2, 0.25) is 0 Å². The van der Waals surface area contributed by atoms with Crippen LogP contribution in [0.3, 0.4) is 0 Å². The zero-order valence-corrected chi connectivity index (χ0v) is 22.1. The molecule has 4 aromatic rings. The Morgan fingerprint density at radius 2 is 1.75 bits per heavy atom. The fourth-order valence-corrected chi connectivity index (χ4v) is 5.10. The fraction of sp³-hybridized carbons (Fsp3) is 0.303. The van der Waals surface area contributed by atoms with E-state index >= 15 is 0 Å². The minimum absolute atomic E-state index is 0.0564. The maximum atomic E-state index is 13.2. The molecule has 0 aliphatic heterocycles. The van der Waals surface area contributed by atoms with Crippen LogP contribution in [0.1, 0.15) is 83.5 Å². The van der Waals surface area contributed by atoms with Crippen LogP contribution < -0.4 is 5.32 Å². The lowest BCUT2D eigenvalue weighted by atomic mass is 9.97. The Kier molecular flexibility index (Phi) is 6.12. The van der Waals surface area contributed by atoms with Crippen LogP contribution in [0.25, 0.3) is 16.5 Å².